The van der Waals surface area contributed by atoms with Gasteiger partial charge in [-0.1, -0.05) is 17.7 Å². The minimum atomic E-state index is -0.471. The van der Waals surface area contributed by atoms with Gasteiger partial charge in [0.2, 0.25) is 5.91 Å². The van der Waals surface area contributed by atoms with Gasteiger partial charge >= 0.3 is 0 Å². The molecule has 2 fully saturated rings. The van der Waals surface area contributed by atoms with E-state index in [2.05, 4.69) is 0 Å². The quantitative estimate of drug-likeness (QED) is 0.853. The minimum Gasteiger partial charge on any atom is -0.393 e. The average molecular weight is 310 g/mol. The van der Waals surface area contributed by atoms with Crippen LogP contribution < -0.4 is 0 Å². The lowest BCUT2D eigenvalue weighted by Crippen LogP contribution is -2.29. The van der Waals surface area contributed by atoms with E-state index in [9.17, 15) is 14.3 Å². The molecule has 0 radical (unpaired) electrons. The van der Waals surface area contributed by atoms with E-state index in [1.165, 1.54) is 18.2 Å². The number of rotatable bonds is 2. The average Bonchev–Trinajstić information content (AvgIpc) is 3.02. The van der Waals surface area contributed by atoms with E-state index in [4.69, 9.17) is 11.6 Å². The summed E-state index contributed by atoms with van der Waals surface area (Å²) in [6.45, 7) is 1.34. The van der Waals surface area contributed by atoms with Crippen molar-refractivity contribution in [3.63, 3.8) is 0 Å². The number of likely N-dealkylation sites (tertiary alicyclic amines) is 1. The molecule has 3 unspecified atom stereocenters. The predicted molar refractivity (Wildman–Crippen MR) is 79.2 cm³/mol. The molecule has 2 aliphatic rings. The van der Waals surface area contributed by atoms with Crippen molar-refractivity contribution in [3.05, 3.63) is 40.7 Å². The lowest BCUT2D eigenvalue weighted by molar-refractivity contribution is -0.125. The van der Waals surface area contributed by atoms with Crippen LogP contribution in [0.25, 0.3) is 6.08 Å². The fraction of sp³-hybridized carbons (Fsp3) is 0.438. The van der Waals surface area contributed by atoms with E-state index in [-0.39, 0.29) is 23.0 Å². The lowest BCUT2D eigenvalue weighted by atomic mass is 10.00. The van der Waals surface area contributed by atoms with Crippen LogP contribution >= 0.6 is 11.6 Å². The van der Waals surface area contributed by atoms with Crippen molar-refractivity contribution < 1.29 is 14.3 Å². The van der Waals surface area contributed by atoms with Crippen molar-refractivity contribution in [2.24, 2.45) is 11.8 Å². The highest BCUT2D eigenvalue weighted by molar-refractivity contribution is 6.30. The molecule has 1 heterocycles. The van der Waals surface area contributed by atoms with E-state index in [1.54, 1.807) is 17.0 Å². The van der Waals surface area contributed by atoms with Crippen molar-refractivity contribution in [2.45, 2.75) is 18.9 Å². The van der Waals surface area contributed by atoms with Gasteiger partial charge < -0.3 is 10.0 Å². The van der Waals surface area contributed by atoms with Gasteiger partial charge in [0.15, 0.2) is 0 Å². The van der Waals surface area contributed by atoms with Crippen LogP contribution in [0.1, 0.15) is 18.4 Å². The molecule has 1 aromatic rings. The lowest BCUT2D eigenvalue weighted by Gasteiger charge is -2.16. The molecule has 1 aliphatic carbocycles. The number of hydrogen-bond acceptors (Lipinski definition) is 2. The Kier molecular flexibility index (Phi) is 4.00. The molecule has 1 N–H and O–H groups in total. The third-order valence-electron chi connectivity index (χ3n) is 4.49. The molecule has 1 aromatic carbocycles. The maximum absolute atomic E-state index is 13.1. The van der Waals surface area contributed by atoms with E-state index in [1.807, 2.05) is 0 Å². The monoisotopic (exact) mass is 309 g/mol. The van der Waals surface area contributed by atoms with Gasteiger partial charge in [-0.25, -0.2) is 4.39 Å². The van der Waals surface area contributed by atoms with Crippen LogP contribution in [0.5, 0.6) is 0 Å². The second-order valence-electron chi connectivity index (χ2n) is 5.82. The molecule has 3 rings (SSSR count). The highest BCUT2D eigenvalue weighted by Crippen LogP contribution is 2.38. The van der Waals surface area contributed by atoms with Gasteiger partial charge in [-0.2, -0.15) is 0 Å². The molecule has 5 heteroatoms. The molecule has 1 aliphatic heterocycles. The number of nitrogens with zero attached hydrogens (tertiary/aromatic N) is 1. The Bertz CT molecular complexity index is 590. The first-order valence-corrected chi connectivity index (χ1v) is 7.52. The van der Waals surface area contributed by atoms with Gasteiger partial charge in [-0.05, 0) is 42.5 Å². The highest BCUT2D eigenvalue weighted by atomic mass is 35.5. The Morgan fingerprint density at radius 1 is 1.38 bits per heavy atom. The number of benzene rings is 1. The summed E-state index contributed by atoms with van der Waals surface area (Å²) in [4.78, 5) is 13.9. The van der Waals surface area contributed by atoms with E-state index in [0.29, 0.717) is 18.0 Å². The Morgan fingerprint density at radius 3 is 2.90 bits per heavy atom. The Hall–Kier alpha value is -1.39. The number of amides is 1. The first-order valence-electron chi connectivity index (χ1n) is 7.14. The third-order valence-corrected chi connectivity index (χ3v) is 4.78. The van der Waals surface area contributed by atoms with Crippen LogP contribution in [0.15, 0.2) is 24.3 Å². The first-order chi connectivity index (χ1) is 10.0. The molecule has 0 bridgehead atoms. The zero-order valence-corrected chi connectivity index (χ0v) is 12.3. The molecule has 1 saturated heterocycles. The van der Waals surface area contributed by atoms with E-state index < -0.39 is 5.82 Å². The van der Waals surface area contributed by atoms with Gasteiger partial charge in [0, 0.05) is 25.1 Å². The number of hydrogen-bond donors (Lipinski definition) is 1. The van der Waals surface area contributed by atoms with E-state index in [0.717, 1.165) is 19.4 Å². The zero-order valence-electron chi connectivity index (χ0n) is 11.5. The van der Waals surface area contributed by atoms with Crippen LogP contribution in [0.4, 0.5) is 4.39 Å². The smallest absolute Gasteiger partial charge is 0.246 e. The molecule has 1 saturated carbocycles. The molecule has 3 nitrogen and oxygen atoms in total. The number of aliphatic hydroxyl groups excluding tert-OH is 1. The van der Waals surface area contributed by atoms with Crippen molar-refractivity contribution in [1.82, 2.24) is 4.90 Å². The number of aliphatic hydroxyl groups is 1. The summed E-state index contributed by atoms with van der Waals surface area (Å²) in [6.07, 6.45) is 4.69. The van der Waals surface area contributed by atoms with Crippen molar-refractivity contribution in [1.29, 1.82) is 0 Å². The normalized spacial score (nSPS) is 28.3. The number of carbonyl (C=O) groups is 1. The number of halogens is 2. The summed E-state index contributed by atoms with van der Waals surface area (Å²) in [5.74, 6) is 0.110. The minimum absolute atomic E-state index is 0.0448. The number of carbonyl (C=O) groups excluding carboxylic acids is 1. The zero-order chi connectivity index (χ0) is 15.0. The molecule has 112 valence electrons. The summed E-state index contributed by atoms with van der Waals surface area (Å²) in [6, 6.07) is 4.35. The summed E-state index contributed by atoms with van der Waals surface area (Å²) in [7, 11) is 0. The standard InChI is InChI=1S/C16H17ClFNO2/c17-13-7-10(1-4-14(13)18)2-6-16(21)19-8-11-3-5-15(20)12(11)9-19/h1-2,4,6-7,11-12,15,20H,3,5,8-9H2/b6-2+. The van der Waals surface area contributed by atoms with E-state index >= 15 is 0 Å². The van der Waals surface area contributed by atoms with Crippen LogP contribution in [-0.2, 0) is 4.79 Å². The van der Waals surface area contributed by atoms with Crippen LogP contribution in [-0.4, -0.2) is 35.1 Å². The van der Waals surface area contributed by atoms with Gasteiger partial charge in [0.1, 0.15) is 5.82 Å². The topological polar surface area (TPSA) is 40.5 Å². The van der Waals surface area contributed by atoms with Crippen molar-refractivity contribution >= 4 is 23.6 Å². The Balaban J connectivity index is 1.64. The predicted octanol–water partition coefficient (Wildman–Crippen LogP) is 2.72. The fourth-order valence-electron chi connectivity index (χ4n) is 3.31. The second-order valence-corrected chi connectivity index (χ2v) is 6.23. The summed E-state index contributed by atoms with van der Waals surface area (Å²) in [5.41, 5.74) is 0.689. The summed E-state index contributed by atoms with van der Waals surface area (Å²) < 4.78 is 13.1. The SMILES string of the molecule is O=C(/C=C/c1ccc(F)c(Cl)c1)N1CC2CCC(O)C2C1. The second kappa shape index (κ2) is 5.78. The summed E-state index contributed by atoms with van der Waals surface area (Å²) >= 11 is 5.70. The van der Waals surface area contributed by atoms with Gasteiger partial charge in [0.25, 0.3) is 0 Å². The van der Waals surface area contributed by atoms with Gasteiger partial charge in [-0.3, -0.25) is 4.79 Å². The first kappa shape index (κ1) is 14.5. The molecule has 0 spiro atoms. The number of fused-ring (bicyclic) bond motifs is 1. The molecular weight excluding hydrogens is 293 g/mol. The largest absolute Gasteiger partial charge is 0.393 e. The molecular formula is C16H17ClFNO2. The molecule has 1 amide bonds. The van der Waals surface area contributed by atoms with Gasteiger partial charge in [-0.15, -0.1) is 0 Å². The maximum atomic E-state index is 13.1. The molecule has 0 aromatic heterocycles. The van der Waals surface area contributed by atoms with Crippen LogP contribution in [0, 0.1) is 17.7 Å². The van der Waals surface area contributed by atoms with Crippen LogP contribution in [0.3, 0.4) is 0 Å². The van der Waals surface area contributed by atoms with Crippen molar-refractivity contribution in [3.8, 4) is 0 Å². The summed E-state index contributed by atoms with van der Waals surface area (Å²) in [5, 5.41) is 9.90. The third kappa shape index (κ3) is 2.97. The molecule has 3 atom stereocenters. The molecule has 21 heavy (non-hydrogen) atoms. The fourth-order valence-corrected chi connectivity index (χ4v) is 3.49. The maximum Gasteiger partial charge on any atom is 0.246 e. The highest BCUT2D eigenvalue weighted by Gasteiger charge is 2.42. The van der Waals surface area contributed by atoms with Crippen LogP contribution in [0.2, 0.25) is 5.02 Å². The Labute approximate surface area is 128 Å². The van der Waals surface area contributed by atoms with Gasteiger partial charge in [0.05, 0.1) is 11.1 Å². The Morgan fingerprint density at radius 2 is 2.19 bits per heavy atom. The van der Waals surface area contributed by atoms with Crippen molar-refractivity contribution in [2.75, 3.05) is 13.1 Å².